The Labute approximate surface area is 149 Å². The Bertz CT molecular complexity index is 700. The first-order valence-corrected chi connectivity index (χ1v) is 9.61. The lowest BCUT2D eigenvalue weighted by Gasteiger charge is -2.31. The van der Waals surface area contributed by atoms with Gasteiger partial charge in [0.25, 0.3) is 5.91 Å². The van der Waals surface area contributed by atoms with Crippen molar-refractivity contribution in [1.29, 1.82) is 0 Å². The second-order valence-corrected chi connectivity index (χ2v) is 7.56. The summed E-state index contributed by atoms with van der Waals surface area (Å²) in [5.41, 5.74) is 1.70. The zero-order chi connectivity index (χ0) is 17.1. The number of nitrogens with one attached hydrogen (secondary N) is 1. The highest BCUT2D eigenvalue weighted by Gasteiger charge is 2.30. The predicted molar refractivity (Wildman–Crippen MR) is 96.5 cm³/mol. The molecule has 0 saturated heterocycles. The highest BCUT2D eigenvalue weighted by atomic mass is 16.5. The van der Waals surface area contributed by atoms with Crippen molar-refractivity contribution in [2.24, 2.45) is 5.92 Å². The van der Waals surface area contributed by atoms with Crippen LogP contribution in [0.1, 0.15) is 72.7 Å². The largest absolute Gasteiger partial charge is 0.360 e. The maximum absolute atomic E-state index is 12.7. The van der Waals surface area contributed by atoms with Crippen LogP contribution in [0.4, 0.5) is 0 Å². The zero-order valence-electron chi connectivity index (χ0n) is 14.6. The van der Waals surface area contributed by atoms with Crippen molar-refractivity contribution in [3.05, 3.63) is 53.4 Å². The molecule has 1 N–H and O–H groups in total. The summed E-state index contributed by atoms with van der Waals surface area (Å²) >= 11 is 0. The number of hydrogen-bond donors (Lipinski definition) is 1. The second kappa shape index (κ2) is 7.42. The standard InChI is InChI=1S/C21H26N2O2/c24-21(19-14-20(25-23-19)17-11-12-17)22-18(16-9-5-2-6-10-16)13-15-7-3-1-4-8-15/h1,3-4,7-8,14,16-18H,2,5-6,9-13H2,(H,22,24). The molecular formula is C21H26N2O2. The van der Waals surface area contributed by atoms with E-state index in [1.807, 2.05) is 12.1 Å². The first-order chi connectivity index (χ1) is 12.3. The Kier molecular flexibility index (Phi) is 4.86. The lowest BCUT2D eigenvalue weighted by atomic mass is 9.81. The number of rotatable bonds is 6. The lowest BCUT2D eigenvalue weighted by molar-refractivity contribution is 0.0903. The van der Waals surface area contributed by atoms with Crippen LogP contribution in [-0.2, 0) is 6.42 Å². The van der Waals surface area contributed by atoms with Crippen molar-refractivity contribution in [1.82, 2.24) is 10.5 Å². The van der Waals surface area contributed by atoms with Gasteiger partial charge in [-0.15, -0.1) is 0 Å². The molecule has 132 valence electrons. The van der Waals surface area contributed by atoms with Crippen LogP contribution >= 0.6 is 0 Å². The van der Waals surface area contributed by atoms with Crippen molar-refractivity contribution >= 4 is 5.91 Å². The molecule has 1 atom stereocenters. The van der Waals surface area contributed by atoms with Gasteiger partial charge in [-0.25, -0.2) is 0 Å². The Morgan fingerprint density at radius 3 is 2.60 bits per heavy atom. The molecule has 4 heteroatoms. The number of aromatic nitrogens is 1. The zero-order valence-corrected chi connectivity index (χ0v) is 14.6. The molecular weight excluding hydrogens is 312 g/mol. The number of carbonyl (C=O) groups is 1. The van der Waals surface area contributed by atoms with E-state index in [0.717, 1.165) is 25.0 Å². The molecule has 4 rings (SSSR count). The molecule has 2 aliphatic rings. The molecule has 1 aromatic carbocycles. The minimum absolute atomic E-state index is 0.0952. The van der Waals surface area contributed by atoms with E-state index in [2.05, 4.69) is 34.7 Å². The Morgan fingerprint density at radius 2 is 1.88 bits per heavy atom. The molecule has 1 aromatic heterocycles. The molecule has 2 saturated carbocycles. The van der Waals surface area contributed by atoms with Gasteiger partial charge < -0.3 is 9.84 Å². The molecule has 2 aliphatic carbocycles. The lowest BCUT2D eigenvalue weighted by Crippen LogP contribution is -2.42. The second-order valence-electron chi connectivity index (χ2n) is 7.56. The number of amides is 1. The van der Waals surface area contributed by atoms with Crippen molar-refractivity contribution < 1.29 is 9.32 Å². The molecule has 1 heterocycles. The summed E-state index contributed by atoms with van der Waals surface area (Å²) in [4.78, 5) is 12.7. The van der Waals surface area contributed by atoms with Crippen LogP contribution in [0.25, 0.3) is 0 Å². The molecule has 1 unspecified atom stereocenters. The fourth-order valence-electron chi connectivity index (χ4n) is 3.94. The van der Waals surface area contributed by atoms with Crippen LogP contribution < -0.4 is 5.32 Å². The van der Waals surface area contributed by atoms with Gasteiger partial charge in [-0.05, 0) is 43.6 Å². The van der Waals surface area contributed by atoms with E-state index in [9.17, 15) is 4.79 Å². The number of benzene rings is 1. The minimum atomic E-state index is -0.0952. The van der Waals surface area contributed by atoms with Gasteiger partial charge in [0.05, 0.1) is 0 Å². The van der Waals surface area contributed by atoms with Crippen LogP contribution in [-0.4, -0.2) is 17.1 Å². The van der Waals surface area contributed by atoms with Crippen LogP contribution in [0.2, 0.25) is 0 Å². The van der Waals surface area contributed by atoms with Gasteiger partial charge in [-0.1, -0.05) is 54.8 Å². The molecule has 0 radical (unpaired) electrons. The average Bonchev–Trinajstić information content (AvgIpc) is 3.39. The van der Waals surface area contributed by atoms with Crippen molar-refractivity contribution in [3.63, 3.8) is 0 Å². The highest BCUT2D eigenvalue weighted by Crippen LogP contribution is 2.40. The van der Waals surface area contributed by atoms with Crippen LogP contribution in [0.15, 0.2) is 40.9 Å². The molecule has 25 heavy (non-hydrogen) atoms. The maximum atomic E-state index is 12.7. The van der Waals surface area contributed by atoms with E-state index in [-0.39, 0.29) is 11.9 Å². The molecule has 2 fully saturated rings. The molecule has 0 bridgehead atoms. The van der Waals surface area contributed by atoms with Crippen molar-refractivity contribution in [2.75, 3.05) is 0 Å². The van der Waals surface area contributed by atoms with Gasteiger partial charge >= 0.3 is 0 Å². The fraction of sp³-hybridized carbons (Fsp3) is 0.524. The van der Waals surface area contributed by atoms with Crippen molar-refractivity contribution in [2.45, 2.75) is 63.3 Å². The summed E-state index contributed by atoms with van der Waals surface area (Å²) in [6, 6.07) is 12.4. The fourth-order valence-corrected chi connectivity index (χ4v) is 3.94. The van der Waals surface area contributed by atoms with E-state index >= 15 is 0 Å². The SMILES string of the molecule is O=C(NC(Cc1ccccc1)C1CCCCC1)c1cc(C2CC2)on1. The van der Waals surface area contributed by atoms with E-state index < -0.39 is 0 Å². The first kappa shape index (κ1) is 16.4. The summed E-state index contributed by atoms with van der Waals surface area (Å²) in [7, 11) is 0. The molecule has 0 spiro atoms. The van der Waals surface area contributed by atoms with Gasteiger partial charge in [0, 0.05) is 18.0 Å². The maximum Gasteiger partial charge on any atom is 0.273 e. The summed E-state index contributed by atoms with van der Waals surface area (Å²) in [6.45, 7) is 0. The summed E-state index contributed by atoms with van der Waals surface area (Å²) < 4.78 is 5.34. The van der Waals surface area contributed by atoms with Crippen LogP contribution in [0.5, 0.6) is 0 Å². The third-order valence-corrected chi connectivity index (χ3v) is 5.57. The van der Waals surface area contributed by atoms with Gasteiger partial charge in [-0.2, -0.15) is 0 Å². The first-order valence-electron chi connectivity index (χ1n) is 9.61. The molecule has 0 aliphatic heterocycles. The third-order valence-electron chi connectivity index (χ3n) is 5.57. The Hall–Kier alpha value is -2.10. The van der Waals surface area contributed by atoms with E-state index in [1.54, 1.807) is 0 Å². The van der Waals surface area contributed by atoms with Gasteiger partial charge in [0.15, 0.2) is 5.69 Å². The smallest absolute Gasteiger partial charge is 0.273 e. The quantitative estimate of drug-likeness (QED) is 0.845. The van der Waals surface area contributed by atoms with Crippen molar-refractivity contribution in [3.8, 4) is 0 Å². The highest BCUT2D eigenvalue weighted by molar-refractivity contribution is 5.92. The number of carbonyl (C=O) groups excluding carboxylic acids is 1. The molecule has 2 aromatic rings. The third kappa shape index (κ3) is 4.12. The average molecular weight is 338 g/mol. The minimum Gasteiger partial charge on any atom is -0.360 e. The predicted octanol–water partition coefficient (Wildman–Crippen LogP) is 4.47. The molecule has 4 nitrogen and oxygen atoms in total. The molecule has 1 amide bonds. The number of hydrogen-bond acceptors (Lipinski definition) is 3. The van der Waals surface area contributed by atoms with Crippen LogP contribution in [0.3, 0.4) is 0 Å². The van der Waals surface area contributed by atoms with E-state index in [0.29, 0.717) is 17.5 Å². The van der Waals surface area contributed by atoms with Gasteiger partial charge in [0.1, 0.15) is 5.76 Å². The van der Waals surface area contributed by atoms with Gasteiger partial charge in [0.2, 0.25) is 0 Å². The normalized spacial score (nSPS) is 19.5. The topological polar surface area (TPSA) is 55.1 Å². The Balaban J connectivity index is 1.46. The van der Waals surface area contributed by atoms with E-state index in [4.69, 9.17) is 4.52 Å². The van der Waals surface area contributed by atoms with Gasteiger partial charge in [-0.3, -0.25) is 4.79 Å². The Morgan fingerprint density at radius 1 is 1.12 bits per heavy atom. The number of nitrogens with zero attached hydrogens (tertiary/aromatic N) is 1. The summed E-state index contributed by atoms with van der Waals surface area (Å²) in [5.74, 6) is 1.80. The monoisotopic (exact) mass is 338 g/mol. The van der Waals surface area contributed by atoms with Crippen LogP contribution in [0, 0.1) is 5.92 Å². The summed E-state index contributed by atoms with van der Waals surface area (Å²) in [6.07, 6.45) is 9.42. The summed E-state index contributed by atoms with van der Waals surface area (Å²) in [5, 5.41) is 7.26. The van der Waals surface area contributed by atoms with E-state index in [1.165, 1.54) is 37.7 Å².